The van der Waals surface area contributed by atoms with Crippen LogP contribution < -0.4 is 10.6 Å². The molecule has 184 valence electrons. The molecule has 3 N–H and O–H groups in total. The molecule has 2 aromatic carbocycles. The van der Waals surface area contributed by atoms with E-state index in [4.69, 9.17) is 0 Å². The highest BCUT2D eigenvalue weighted by molar-refractivity contribution is 5.94. The van der Waals surface area contributed by atoms with Gasteiger partial charge in [-0.1, -0.05) is 31.2 Å². The van der Waals surface area contributed by atoms with Gasteiger partial charge in [-0.3, -0.25) is 4.79 Å². The first-order chi connectivity index (χ1) is 17.6. The van der Waals surface area contributed by atoms with Gasteiger partial charge in [0.25, 0.3) is 5.91 Å². The lowest BCUT2D eigenvalue weighted by molar-refractivity contribution is 0.0949. The Morgan fingerprint density at radius 3 is 2.61 bits per heavy atom. The molecule has 0 bridgehead atoms. The van der Waals surface area contributed by atoms with Gasteiger partial charge in [0.2, 0.25) is 5.95 Å². The second-order valence-electron chi connectivity index (χ2n) is 8.34. The number of hydrogen-bond donors (Lipinski definition) is 3. The van der Waals surface area contributed by atoms with E-state index in [0.717, 1.165) is 42.2 Å². The molecule has 36 heavy (non-hydrogen) atoms. The summed E-state index contributed by atoms with van der Waals surface area (Å²) in [6.45, 7) is 8.02. The number of anilines is 2. The molecule has 1 amide bonds. The van der Waals surface area contributed by atoms with Crippen molar-refractivity contribution in [3.8, 4) is 0 Å². The highest BCUT2D eigenvalue weighted by Crippen LogP contribution is 2.17. The van der Waals surface area contributed by atoms with Crippen LogP contribution in [0.25, 0.3) is 22.2 Å². The summed E-state index contributed by atoms with van der Waals surface area (Å²) in [5.41, 5.74) is 4.42. The van der Waals surface area contributed by atoms with Crippen molar-refractivity contribution in [3.05, 3.63) is 66.1 Å². The van der Waals surface area contributed by atoms with Gasteiger partial charge in [0.05, 0.1) is 17.2 Å². The van der Waals surface area contributed by atoms with Crippen molar-refractivity contribution in [1.82, 2.24) is 45.1 Å². The van der Waals surface area contributed by atoms with Gasteiger partial charge < -0.3 is 20.5 Å². The zero-order valence-electron chi connectivity index (χ0n) is 20.3. The lowest BCUT2D eigenvalue weighted by Crippen LogP contribution is -2.34. The van der Waals surface area contributed by atoms with Gasteiger partial charge in [0.1, 0.15) is 12.4 Å². The Morgan fingerprint density at radius 2 is 1.83 bits per heavy atom. The summed E-state index contributed by atoms with van der Waals surface area (Å²) in [5.74, 6) is 1.08. The van der Waals surface area contributed by atoms with Crippen LogP contribution in [0.4, 0.5) is 11.6 Å². The number of aromatic nitrogens is 7. The number of imidazole rings is 1. The molecule has 0 atom stereocenters. The summed E-state index contributed by atoms with van der Waals surface area (Å²) < 4.78 is 1.69. The van der Waals surface area contributed by atoms with Gasteiger partial charge in [-0.2, -0.15) is 4.98 Å². The molecule has 3 aromatic heterocycles. The standard InChI is InChI=1S/C25H28N10O/c1-3-34(4-2)14-13-26-24(36)17-9-11-18(12-10-17)28-25-27-15-21-23(31-25)35(33-32-21)16-22-29-19-7-5-6-8-20(19)30-22/h5-12,15H,3-4,13-14,16H2,1-2H3,(H,26,36)(H,29,30)(H,27,28,31). The second-order valence-corrected chi connectivity index (χ2v) is 8.34. The summed E-state index contributed by atoms with van der Waals surface area (Å²) in [6, 6.07) is 15.1. The Hall–Kier alpha value is -4.38. The summed E-state index contributed by atoms with van der Waals surface area (Å²) in [4.78, 5) is 31.5. The third-order valence-corrected chi connectivity index (χ3v) is 6.00. The summed E-state index contributed by atoms with van der Waals surface area (Å²) in [7, 11) is 0. The molecule has 0 radical (unpaired) electrons. The Bertz CT molecular complexity index is 1440. The van der Waals surface area contributed by atoms with Gasteiger partial charge in [-0.25, -0.2) is 14.6 Å². The predicted molar refractivity (Wildman–Crippen MR) is 138 cm³/mol. The van der Waals surface area contributed by atoms with Gasteiger partial charge >= 0.3 is 0 Å². The van der Waals surface area contributed by atoms with Crippen LogP contribution in [0.2, 0.25) is 0 Å². The average Bonchev–Trinajstić information content (AvgIpc) is 3.50. The number of likely N-dealkylation sites (N-methyl/N-ethyl adjacent to an activating group) is 1. The first-order valence-electron chi connectivity index (χ1n) is 12.0. The quantitative estimate of drug-likeness (QED) is 0.276. The molecule has 0 unspecified atom stereocenters. The first kappa shape index (κ1) is 23.4. The van der Waals surface area contributed by atoms with Crippen molar-refractivity contribution in [1.29, 1.82) is 0 Å². The fraction of sp³-hybridized carbons (Fsp3) is 0.280. The molecule has 5 rings (SSSR count). The lowest BCUT2D eigenvalue weighted by atomic mass is 10.2. The van der Waals surface area contributed by atoms with E-state index in [1.165, 1.54) is 0 Å². The molecule has 0 saturated carbocycles. The normalized spacial score (nSPS) is 11.4. The first-order valence-corrected chi connectivity index (χ1v) is 12.0. The maximum Gasteiger partial charge on any atom is 0.251 e. The molecule has 0 aliphatic heterocycles. The summed E-state index contributed by atoms with van der Waals surface area (Å²) in [5, 5.41) is 14.5. The van der Waals surface area contributed by atoms with Gasteiger partial charge in [-0.15, -0.1) is 5.10 Å². The van der Waals surface area contributed by atoms with E-state index < -0.39 is 0 Å². The third kappa shape index (κ3) is 5.15. The number of H-pyrrole nitrogens is 1. The van der Waals surface area contributed by atoms with Gasteiger partial charge in [0.15, 0.2) is 11.2 Å². The van der Waals surface area contributed by atoms with Crippen LogP contribution in [-0.2, 0) is 6.54 Å². The monoisotopic (exact) mass is 484 g/mol. The van der Waals surface area contributed by atoms with Crippen molar-refractivity contribution in [2.45, 2.75) is 20.4 Å². The third-order valence-electron chi connectivity index (χ3n) is 6.00. The Labute approximate surface area is 208 Å². The zero-order valence-corrected chi connectivity index (χ0v) is 20.3. The van der Waals surface area contributed by atoms with E-state index in [0.29, 0.717) is 35.8 Å². The Morgan fingerprint density at radius 1 is 1.03 bits per heavy atom. The smallest absolute Gasteiger partial charge is 0.251 e. The lowest BCUT2D eigenvalue weighted by Gasteiger charge is -2.17. The van der Waals surface area contributed by atoms with Crippen molar-refractivity contribution in [2.75, 3.05) is 31.5 Å². The molecule has 5 aromatic rings. The van der Waals surface area contributed by atoms with Crippen LogP contribution in [0.15, 0.2) is 54.7 Å². The van der Waals surface area contributed by atoms with Crippen LogP contribution in [0, 0.1) is 0 Å². The van der Waals surface area contributed by atoms with Crippen LogP contribution in [0.5, 0.6) is 0 Å². The second kappa shape index (κ2) is 10.5. The van der Waals surface area contributed by atoms with E-state index in [1.54, 1.807) is 23.0 Å². The topological polar surface area (TPSA) is 130 Å². The van der Waals surface area contributed by atoms with Gasteiger partial charge in [0, 0.05) is 24.3 Å². The van der Waals surface area contributed by atoms with E-state index >= 15 is 0 Å². The largest absolute Gasteiger partial charge is 0.351 e. The summed E-state index contributed by atoms with van der Waals surface area (Å²) in [6.07, 6.45) is 1.63. The number of benzene rings is 2. The maximum absolute atomic E-state index is 12.4. The number of nitrogens with one attached hydrogen (secondary N) is 3. The highest BCUT2D eigenvalue weighted by Gasteiger charge is 2.12. The van der Waals surface area contributed by atoms with E-state index in [9.17, 15) is 4.79 Å². The van der Waals surface area contributed by atoms with Crippen LogP contribution >= 0.6 is 0 Å². The number of amides is 1. The molecule has 11 nitrogen and oxygen atoms in total. The molecule has 0 aliphatic carbocycles. The number of hydrogen-bond acceptors (Lipinski definition) is 8. The SMILES string of the molecule is CCN(CC)CCNC(=O)c1ccc(Nc2ncc3nnn(Cc4nc5ccccc5[nH]4)c3n2)cc1. The van der Waals surface area contributed by atoms with Crippen LogP contribution in [0.3, 0.4) is 0 Å². The minimum absolute atomic E-state index is 0.0908. The number of para-hydroxylation sites is 2. The molecular formula is C25H28N10O. The molecular weight excluding hydrogens is 456 g/mol. The molecule has 3 heterocycles. The minimum Gasteiger partial charge on any atom is -0.351 e. The summed E-state index contributed by atoms with van der Waals surface area (Å²) >= 11 is 0. The van der Waals surface area contributed by atoms with E-state index in [2.05, 4.69) is 59.6 Å². The number of aromatic amines is 1. The molecule has 0 aliphatic rings. The number of nitrogens with zero attached hydrogens (tertiary/aromatic N) is 7. The predicted octanol–water partition coefficient (Wildman–Crippen LogP) is 2.96. The van der Waals surface area contributed by atoms with Crippen molar-refractivity contribution >= 4 is 39.7 Å². The number of fused-ring (bicyclic) bond motifs is 2. The molecule has 0 saturated heterocycles. The fourth-order valence-corrected chi connectivity index (χ4v) is 3.96. The van der Waals surface area contributed by atoms with Crippen LogP contribution in [-0.4, -0.2) is 71.9 Å². The average molecular weight is 485 g/mol. The Kier molecular flexibility index (Phi) is 6.80. The maximum atomic E-state index is 12.4. The van der Waals surface area contributed by atoms with Crippen molar-refractivity contribution in [2.24, 2.45) is 0 Å². The van der Waals surface area contributed by atoms with Gasteiger partial charge in [-0.05, 0) is 49.5 Å². The van der Waals surface area contributed by atoms with Crippen molar-refractivity contribution < 1.29 is 4.79 Å². The Balaban J connectivity index is 1.25. The molecule has 0 fully saturated rings. The van der Waals surface area contributed by atoms with E-state index in [1.807, 2.05) is 36.4 Å². The fourth-order valence-electron chi connectivity index (χ4n) is 3.96. The highest BCUT2D eigenvalue weighted by atomic mass is 16.1. The molecule has 0 spiro atoms. The number of carbonyl (C=O) groups excluding carboxylic acids is 1. The zero-order chi connectivity index (χ0) is 24.9. The van der Waals surface area contributed by atoms with Crippen LogP contribution in [0.1, 0.15) is 30.0 Å². The number of rotatable bonds is 10. The number of carbonyl (C=O) groups is 1. The minimum atomic E-state index is -0.0908. The van der Waals surface area contributed by atoms with E-state index in [-0.39, 0.29) is 5.91 Å². The molecule has 11 heteroatoms. The van der Waals surface area contributed by atoms with Crippen molar-refractivity contribution in [3.63, 3.8) is 0 Å².